The average molecular weight is 549 g/mol. The number of aryl methyl sites for hydroxylation is 1. The minimum Gasteiger partial charge on any atom is -0.351 e. The van der Waals surface area contributed by atoms with Gasteiger partial charge in [-0.3, -0.25) is 0 Å². The minimum absolute atomic E-state index is 0.0265. The molecule has 0 radical (unpaired) electrons. The maximum Gasteiger partial charge on any atom is 0.416 e. The Morgan fingerprint density at radius 1 is 1.00 bits per heavy atom. The van der Waals surface area contributed by atoms with Crippen molar-refractivity contribution in [2.75, 3.05) is 20.6 Å². The molecule has 0 spiro atoms. The van der Waals surface area contributed by atoms with Crippen LogP contribution in [0.3, 0.4) is 0 Å². The van der Waals surface area contributed by atoms with Gasteiger partial charge in [-0.2, -0.15) is 26.3 Å². The number of piperidine rings is 1. The number of carbonyl (C=O) groups excluding carboxylic acids is 2. The highest BCUT2D eigenvalue weighted by Gasteiger charge is 2.39. The number of nitrogens with two attached hydrogens (primary N) is 1. The third-order valence-electron chi connectivity index (χ3n) is 6.70. The molecule has 0 aromatic heterocycles. The molecule has 38 heavy (non-hydrogen) atoms. The summed E-state index contributed by atoms with van der Waals surface area (Å²) < 4.78 is 93.4. The monoisotopic (exact) mass is 548 g/mol. The van der Waals surface area contributed by atoms with Crippen molar-refractivity contribution in [3.8, 4) is 0 Å². The molecule has 6 nitrogen and oxygen atoms in total. The highest BCUT2D eigenvalue weighted by molar-refractivity contribution is 5.75. The van der Waals surface area contributed by atoms with Crippen molar-refractivity contribution in [3.05, 3.63) is 70.0 Å². The molecular weight excluding hydrogens is 521 g/mol. The average Bonchev–Trinajstić information content (AvgIpc) is 2.81. The van der Waals surface area contributed by atoms with Gasteiger partial charge in [0.25, 0.3) is 0 Å². The largest absolute Gasteiger partial charge is 0.416 e. The molecule has 0 aliphatic carbocycles. The van der Waals surface area contributed by atoms with E-state index in [0.29, 0.717) is 29.7 Å². The van der Waals surface area contributed by atoms with Crippen LogP contribution in [0.1, 0.15) is 46.7 Å². The van der Waals surface area contributed by atoms with Crippen molar-refractivity contribution in [2.24, 2.45) is 5.73 Å². The van der Waals surface area contributed by atoms with Gasteiger partial charge >= 0.3 is 24.4 Å². The van der Waals surface area contributed by atoms with Crippen LogP contribution >= 0.6 is 0 Å². The lowest BCUT2D eigenvalue weighted by molar-refractivity contribution is -0.143. The van der Waals surface area contributed by atoms with Crippen LogP contribution in [-0.2, 0) is 18.9 Å². The maximum atomic E-state index is 13.8. The first-order valence-corrected chi connectivity index (χ1v) is 11.6. The molecule has 1 aliphatic heterocycles. The van der Waals surface area contributed by atoms with Crippen LogP contribution in [0.15, 0.2) is 36.4 Å². The predicted octanol–water partition coefficient (Wildman–Crippen LogP) is 5.94. The summed E-state index contributed by atoms with van der Waals surface area (Å²) in [5, 5.41) is 0. The van der Waals surface area contributed by atoms with E-state index in [4.69, 9.17) is 5.73 Å². The standard InChI is InChI=1S/C25H27F7N4O2/c1-14-8-18(26)4-5-20(14)21-12-19(35(3)22(33)37)6-7-36(21)23(38)34(2)13-15-9-16(24(27,28)29)11-17(10-15)25(30,31)32/h4-5,8-11,19,21H,6-7,12-13H2,1-3H3,(H2,33,37). The number of urea groups is 2. The summed E-state index contributed by atoms with van der Waals surface area (Å²) in [5.74, 6) is -0.493. The molecule has 2 N–H and O–H groups in total. The fraction of sp³-hybridized carbons (Fsp3) is 0.440. The smallest absolute Gasteiger partial charge is 0.351 e. The normalized spacial score (nSPS) is 18.3. The maximum absolute atomic E-state index is 13.8. The van der Waals surface area contributed by atoms with Crippen molar-refractivity contribution < 1.29 is 40.3 Å². The van der Waals surface area contributed by atoms with Crippen LogP contribution in [0.25, 0.3) is 0 Å². The third kappa shape index (κ3) is 6.48. The zero-order valence-electron chi connectivity index (χ0n) is 20.8. The second-order valence-electron chi connectivity index (χ2n) is 9.39. The Balaban J connectivity index is 1.93. The van der Waals surface area contributed by atoms with Gasteiger partial charge in [-0.25, -0.2) is 14.0 Å². The number of alkyl halides is 6. The molecule has 1 heterocycles. The summed E-state index contributed by atoms with van der Waals surface area (Å²) in [6, 6.07) is 2.86. The van der Waals surface area contributed by atoms with Crippen molar-refractivity contribution >= 4 is 12.1 Å². The van der Waals surface area contributed by atoms with E-state index in [1.54, 1.807) is 6.92 Å². The Hall–Kier alpha value is -3.51. The Labute approximate surface area is 214 Å². The fourth-order valence-corrected chi connectivity index (χ4v) is 4.69. The summed E-state index contributed by atoms with van der Waals surface area (Å²) >= 11 is 0. The molecule has 4 amide bonds. The van der Waals surface area contributed by atoms with Crippen LogP contribution in [0, 0.1) is 12.7 Å². The Bertz CT molecular complexity index is 1170. The van der Waals surface area contributed by atoms with Gasteiger partial charge in [0.1, 0.15) is 5.82 Å². The van der Waals surface area contributed by atoms with E-state index >= 15 is 0 Å². The molecule has 2 aromatic carbocycles. The summed E-state index contributed by atoms with van der Waals surface area (Å²) in [4.78, 5) is 29.0. The van der Waals surface area contributed by atoms with Gasteiger partial charge in [0.05, 0.1) is 17.2 Å². The lowest BCUT2D eigenvalue weighted by Gasteiger charge is -2.44. The van der Waals surface area contributed by atoms with Gasteiger partial charge in [0.15, 0.2) is 0 Å². The van der Waals surface area contributed by atoms with Gasteiger partial charge in [-0.15, -0.1) is 0 Å². The molecule has 1 aliphatic rings. The van der Waals surface area contributed by atoms with Gasteiger partial charge in [-0.1, -0.05) is 6.07 Å². The van der Waals surface area contributed by atoms with Gasteiger partial charge in [0, 0.05) is 33.2 Å². The van der Waals surface area contributed by atoms with Crippen LogP contribution < -0.4 is 5.73 Å². The van der Waals surface area contributed by atoms with Gasteiger partial charge in [-0.05, 0) is 66.8 Å². The van der Waals surface area contributed by atoms with Crippen LogP contribution in [0.2, 0.25) is 0 Å². The first-order valence-electron chi connectivity index (χ1n) is 11.6. The second kappa shape index (κ2) is 10.7. The number of benzene rings is 2. The topological polar surface area (TPSA) is 69.9 Å². The van der Waals surface area contributed by atoms with Crippen molar-refractivity contribution in [1.82, 2.24) is 14.7 Å². The molecule has 1 saturated heterocycles. The zero-order chi connectivity index (χ0) is 28.6. The number of likely N-dealkylation sites (tertiary alicyclic amines) is 1. The number of halogens is 7. The quantitative estimate of drug-likeness (QED) is 0.481. The van der Waals surface area contributed by atoms with E-state index in [2.05, 4.69) is 0 Å². The molecule has 0 bridgehead atoms. The molecular formula is C25H27F7N4O2. The predicted molar refractivity (Wildman–Crippen MR) is 124 cm³/mol. The number of rotatable bonds is 4. The zero-order valence-corrected chi connectivity index (χ0v) is 20.8. The second-order valence-corrected chi connectivity index (χ2v) is 9.39. The van der Waals surface area contributed by atoms with Crippen molar-refractivity contribution in [1.29, 1.82) is 0 Å². The lowest BCUT2D eigenvalue weighted by atomic mass is 9.89. The summed E-state index contributed by atoms with van der Waals surface area (Å²) in [5.41, 5.74) is 3.23. The number of carbonyl (C=O) groups is 2. The SMILES string of the molecule is Cc1cc(F)ccc1C1CC(N(C)C(N)=O)CCN1C(=O)N(C)Cc1cc(C(F)(F)F)cc(C(F)(F)F)c1. The lowest BCUT2D eigenvalue weighted by Crippen LogP contribution is -2.52. The first-order chi connectivity index (χ1) is 17.5. The number of nitrogens with zero attached hydrogens (tertiary/aromatic N) is 3. The summed E-state index contributed by atoms with van der Waals surface area (Å²) in [6.45, 7) is 1.24. The number of hydrogen-bond donors (Lipinski definition) is 1. The number of amides is 4. The van der Waals surface area contributed by atoms with E-state index < -0.39 is 53.9 Å². The molecule has 3 rings (SSSR count). The van der Waals surface area contributed by atoms with Crippen molar-refractivity contribution in [3.63, 3.8) is 0 Å². The minimum atomic E-state index is -5.02. The van der Waals surface area contributed by atoms with Crippen LogP contribution in [0.4, 0.5) is 40.3 Å². The first kappa shape index (κ1) is 29.1. The highest BCUT2D eigenvalue weighted by Crippen LogP contribution is 2.38. The molecule has 2 atom stereocenters. The van der Waals surface area contributed by atoms with E-state index in [-0.39, 0.29) is 30.6 Å². The van der Waals surface area contributed by atoms with Gasteiger partial charge in [0.2, 0.25) is 0 Å². The van der Waals surface area contributed by atoms with E-state index in [1.807, 2.05) is 0 Å². The Kier molecular flexibility index (Phi) is 8.18. The number of hydrogen-bond acceptors (Lipinski definition) is 2. The van der Waals surface area contributed by atoms with E-state index in [0.717, 1.165) is 4.90 Å². The Morgan fingerprint density at radius 3 is 2.08 bits per heavy atom. The molecule has 13 heteroatoms. The van der Waals surface area contributed by atoms with E-state index in [9.17, 15) is 40.3 Å². The molecule has 2 unspecified atom stereocenters. The fourth-order valence-electron chi connectivity index (χ4n) is 4.69. The molecule has 208 valence electrons. The summed E-state index contributed by atoms with van der Waals surface area (Å²) in [6.07, 6.45) is -9.46. The summed E-state index contributed by atoms with van der Waals surface area (Å²) in [7, 11) is 2.78. The molecule has 1 fully saturated rings. The molecule has 0 saturated carbocycles. The highest BCUT2D eigenvalue weighted by atomic mass is 19.4. The van der Waals surface area contributed by atoms with Crippen molar-refractivity contribution in [2.45, 2.75) is 50.7 Å². The van der Waals surface area contributed by atoms with Crippen LogP contribution in [-0.4, -0.2) is 53.4 Å². The van der Waals surface area contributed by atoms with E-state index in [1.165, 1.54) is 42.1 Å². The third-order valence-corrected chi connectivity index (χ3v) is 6.70. The molecule has 2 aromatic rings. The Morgan fingerprint density at radius 2 is 1.58 bits per heavy atom. The van der Waals surface area contributed by atoms with Gasteiger partial charge < -0.3 is 20.4 Å². The number of primary amides is 1. The van der Waals surface area contributed by atoms with Crippen LogP contribution in [0.5, 0.6) is 0 Å².